The van der Waals surface area contributed by atoms with Crippen molar-refractivity contribution in [3.05, 3.63) is 42.0 Å². The van der Waals surface area contributed by atoms with Crippen LogP contribution >= 0.6 is 0 Å². The minimum absolute atomic E-state index is 0.150. The maximum atomic E-state index is 12.5. The van der Waals surface area contributed by atoms with E-state index in [9.17, 15) is 9.59 Å². The predicted molar refractivity (Wildman–Crippen MR) is 115 cm³/mol. The smallest absolute Gasteiger partial charge is 0.410 e. The van der Waals surface area contributed by atoms with Crippen molar-refractivity contribution >= 4 is 22.6 Å². The summed E-state index contributed by atoms with van der Waals surface area (Å²) in [6, 6.07) is 13.3. The third kappa shape index (κ3) is 5.50. The van der Waals surface area contributed by atoms with Gasteiger partial charge in [-0.05, 0) is 56.5 Å². The number of rotatable bonds is 5. The van der Waals surface area contributed by atoms with E-state index < -0.39 is 5.60 Å². The molecule has 30 heavy (non-hydrogen) atoms. The summed E-state index contributed by atoms with van der Waals surface area (Å²) in [7, 11) is 0. The molecule has 1 heterocycles. The van der Waals surface area contributed by atoms with Gasteiger partial charge in [0.1, 0.15) is 11.4 Å². The fourth-order valence-corrected chi connectivity index (χ4v) is 3.62. The number of hydrogen-bond acceptors (Lipinski definition) is 5. The molecule has 1 aliphatic heterocycles. The summed E-state index contributed by atoms with van der Waals surface area (Å²) < 4.78 is 11.6. The van der Waals surface area contributed by atoms with Crippen LogP contribution in [0, 0.1) is 17.2 Å². The van der Waals surface area contributed by atoms with Crippen molar-refractivity contribution in [2.45, 2.75) is 45.6 Å². The van der Waals surface area contributed by atoms with E-state index in [1.54, 1.807) is 11.0 Å². The molecule has 0 aromatic heterocycles. The second-order valence-corrected chi connectivity index (χ2v) is 8.70. The molecule has 1 fully saturated rings. The first-order chi connectivity index (χ1) is 14.3. The summed E-state index contributed by atoms with van der Waals surface area (Å²) in [4.78, 5) is 26.6. The molecule has 0 N–H and O–H groups in total. The lowest BCUT2D eigenvalue weighted by Crippen LogP contribution is -2.44. The van der Waals surface area contributed by atoms with Crippen LogP contribution in [-0.4, -0.2) is 42.1 Å². The Hall–Kier alpha value is -3.07. The number of carbonyl (C=O) groups is 2. The summed E-state index contributed by atoms with van der Waals surface area (Å²) in [5, 5.41) is 10.8. The molecule has 0 bridgehead atoms. The molecule has 0 saturated carbocycles. The van der Waals surface area contributed by atoms with Gasteiger partial charge >= 0.3 is 6.09 Å². The number of ketones is 1. The first kappa shape index (κ1) is 21.6. The van der Waals surface area contributed by atoms with Crippen LogP contribution in [0.5, 0.6) is 5.75 Å². The Kier molecular flexibility index (Phi) is 6.61. The molecule has 158 valence electrons. The minimum Gasteiger partial charge on any atom is -0.492 e. The second kappa shape index (κ2) is 9.17. The number of fused-ring (bicyclic) bond motifs is 1. The van der Waals surface area contributed by atoms with E-state index in [2.05, 4.69) is 0 Å². The Morgan fingerprint density at radius 3 is 2.57 bits per heavy atom. The molecule has 1 saturated heterocycles. The van der Waals surface area contributed by atoms with Crippen LogP contribution in [0.15, 0.2) is 36.4 Å². The summed E-state index contributed by atoms with van der Waals surface area (Å²) in [6.45, 7) is 7.20. The number of carbonyl (C=O) groups excluding carboxylic acids is 2. The Labute approximate surface area is 177 Å². The number of ether oxygens (including phenoxy) is 2. The molecular weight excluding hydrogens is 380 g/mol. The lowest BCUT2D eigenvalue weighted by Gasteiger charge is -2.34. The van der Waals surface area contributed by atoms with Crippen molar-refractivity contribution in [1.82, 2.24) is 4.90 Å². The third-order valence-electron chi connectivity index (χ3n) is 5.03. The average molecular weight is 408 g/mol. The molecule has 1 aliphatic rings. The van der Waals surface area contributed by atoms with E-state index in [1.807, 2.05) is 57.2 Å². The maximum absolute atomic E-state index is 12.5. The third-order valence-corrected chi connectivity index (χ3v) is 5.03. The van der Waals surface area contributed by atoms with Gasteiger partial charge in [-0.2, -0.15) is 5.26 Å². The molecule has 3 rings (SSSR count). The normalized spacial score (nSPS) is 16.7. The summed E-state index contributed by atoms with van der Waals surface area (Å²) in [5.74, 6) is 0.386. The number of Topliss-reactive ketones (excluding diaryl/α,β-unsaturated/α-hetero) is 1. The van der Waals surface area contributed by atoms with Gasteiger partial charge in [0, 0.05) is 19.0 Å². The fraction of sp³-hybridized carbons (Fsp3) is 0.458. The molecular formula is C24H28N2O4. The molecule has 1 amide bonds. The van der Waals surface area contributed by atoms with Crippen LogP contribution in [0.1, 0.15) is 50.4 Å². The van der Waals surface area contributed by atoms with Crippen LogP contribution < -0.4 is 4.74 Å². The molecule has 1 atom stereocenters. The van der Waals surface area contributed by atoms with E-state index in [1.165, 1.54) is 0 Å². The Bertz CT molecular complexity index is 971. The highest BCUT2D eigenvalue weighted by Gasteiger charge is 2.28. The van der Waals surface area contributed by atoms with Crippen LogP contribution in [0.25, 0.3) is 10.8 Å². The number of nitrogens with zero attached hydrogens (tertiary/aromatic N) is 2. The molecule has 6 nitrogen and oxygen atoms in total. The number of piperidine rings is 1. The first-order valence-electron chi connectivity index (χ1n) is 10.3. The van der Waals surface area contributed by atoms with Crippen LogP contribution in [0.4, 0.5) is 4.79 Å². The van der Waals surface area contributed by atoms with Crippen molar-refractivity contribution < 1.29 is 19.1 Å². The maximum Gasteiger partial charge on any atom is 0.410 e. The number of amides is 1. The van der Waals surface area contributed by atoms with Gasteiger partial charge in [0.2, 0.25) is 0 Å². The summed E-state index contributed by atoms with van der Waals surface area (Å²) in [5.41, 5.74) is -0.100. The van der Waals surface area contributed by atoms with Gasteiger partial charge in [-0.25, -0.2) is 4.79 Å². The monoisotopic (exact) mass is 408 g/mol. The highest BCUT2D eigenvalue weighted by atomic mass is 16.6. The van der Waals surface area contributed by atoms with Crippen molar-refractivity contribution in [3.63, 3.8) is 0 Å². The largest absolute Gasteiger partial charge is 0.492 e. The van der Waals surface area contributed by atoms with Crippen molar-refractivity contribution in [2.24, 2.45) is 5.92 Å². The zero-order chi connectivity index (χ0) is 21.7. The Morgan fingerprint density at radius 1 is 1.20 bits per heavy atom. The fourth-order valence-electron chi connectivity index (χ4n) is 3.62. The van der Waals surface area contributed by atoms with Crippen molar-refractivity contribution in [1.29, 1.82) is 5.26 Å². The lowest BCUT2D eigenvalue weighted by atomic mass is 9.99. The molecule has 2 aromatic carbocycles. The van der Waals surface area contributed by atoms with Crippen LogP contribution in [-0.2, 0) is 4.74 Å². The molecule has 0 aliphatic carbocycles. The van der Waals surface area contributed by atoms with Gasteiger partial charge < -0.3 is 14.4 Å². The SMILES string of the molecule is CC(C)(C)OC(=O)N1CCCC(COc2cc3ccccc3cc2C(=O)CC#N)C1. The van der Waals surface area contributed by atoms with Gasteiger partial charge in [-0.1, -0.05) is 24.3 Å². The standard InChI is InChI=1S/C24H28N2O4/c1-24(2,3)30-23(28)26-12-6-7-17(15-26)16-29-22-14-19-9-5-4-8-18(19)13-20(22)21(27)10-11-25/h4-5,8-9,13-14,17H,6-7,10,12,15-16H2,1-3H3. The number of benzene rings is 2. The van der Waals surface area contributed by atoms with Crippen molar-refractivity contribution in [3.8, 4) is 11.8 Å². The zero-order valence-electron chi connectivity index (χ0n) is 17.8. The predicted octanol–water partition coefficient (Wildman–Crippen LogP) is 4.96. The average Bonchev–Trinajstić information content (AvgIpc) is 2.70. The second-order valence-electron chi connectivity index (χ2n) is 8.70. The van der Waals surface area contributed by atoms with Crippen LogP contribution in [0.3, 0.4) is 0 Å². The van der Waals surface area contributed by atoms with E-state index in [-0.39, 0.29) is 24.2 Å². The van der Waals surface area contributed by atoms with E-state index >= 15 is 0 Å². The number of likely N-dealkylation sites (tertiary alicyclic amines) is 1. The van der Waals surface area contributed by atoms with E-state index in [0.717, 1.165) is 23.6 Å². The molecule has 0 radical (unpaired) electrons. The number of hydrogen-bond donors (Lipinski definition) is 0. The minimum atomic E-state index is -0.526. The summed E-state index contributed by atoms with van der Waals surface area (Å²) >= 11 is 0. The van der Waals surface area contributed by atoms with Gasteiger partial charge in [0.15, 0.2) is 5.78 Å². The zero-order valence-corrected chi connectivity index (χ0v) is 17.8. The van der Waals surface area contributed by atoms with E-state index in [0.29, 0.717) is 31.0 Å². The number of nitriles is 1. The van der Waals surface area contributed by atoms with Gasteiger partial charge in [0.05, 0.1) is 24.7 Å². The Morgan fingerprint density at radius 2 is 1.90 bits per heavy atom. The van der Waals surface area contributed by atoms with Gasteiger partial charge in [0.25, 0.3) is 0 Å². The molecule has 2 aromatic rings. The Balaban J connectivity index is 1.73. The highest BCUT2D eigenvalue weighted by molar-refractivity contribution is 6.03. The van der Waals surface area contributed by atoms with Gasteiger partial charge in [-0.15, -0.1) is 0 Å². The molecule has 1 unspecified atom stereocenters. The topological polar surface area (TPSA) is 79.6 Å². The lowest BCUT2D eigenvalue weighted by molar-refractivity contribution is 0.0139. The molecule has 0 spiro atoms. The first-order valence-corrected chi connectivity index (χ1v) is 10.3. The quantitative estimate of drug-likeness (QED) is 0.653. The van der Waals surface area contributed by atoms with Gasteiger partial charge in [-0.3, -0.25) is 4.79 Å². The van der Waals surface area contributed by atoms with Crippen molar-refractivity contribution in [2.75, 3.05) is 19.7 Å². The molecule has 6 heteroatoms. The van der Waals surface area contributed by atoms with Crippen LogP contribution in [0.2, 0.25) is 0 Å². The van der Waals surface area contributed by atoms with E-state index in [4.69, 9.17) is 14.7 Å². The highest BCUT2D eigenvalue weighted by Crippen LogP contribution is 2.29. The summed E-state index contributed by atoms with van der Waals surface area (Å²) in [6.07, 6.45) is 1.33.